The number of nitrogens with zero attached hydrogens (tertiary/aromatic N) is 2. The molecule has 0 saturated carbocycles. The van der Waals surface area contributed by atoms with Crippen LogP contribution in [0.25, 0.3) is 11.4 Å². The molecular formula is C20H18N2O4. The van der Waals surface area contributed by atoms with E-state index < -0.39 is 6.16 Å². The molecule has 0 aliphatic carbocycles. The second-order valence-electron chi connectivity index (χ2n) is 5.38. The van der Waals surface area contributed by atoms with E-state index in [1.807, 2.05) is 61.5 Å². The standard InChI is InChI=1S/C20H18N2O4/c1-3-24-20(23)26-17-13-21-18(15-10-5-4-6-11-15)22-19(17)25-16-12-8-7-9-14(16)2/h4-13H,3H2,1-2H3. The Balaban J connectivity index is 1.98. The Kier molecular flexibility index (Phi) is 5.43. The maximum atomic E-state index is 11.7. The van der Waals surface area contributed by atoms with Crippen molar-refractivity contribution in [1.29, 1.82) is 0 Å². The number of aromatic nitrogens is 2. The van der Waals surface area contributed by atoms with Gasteiger partial charge in [-0.05, 0) is 25.5 Å². The lowest BCUT2D eigenvalue weighted by atomic mass is 10.2. The summed E-state index contributed by atoms with van der Waals surface area (Å²) in [7, 11) is 0. The van der Waals surface area contributed by atoms with E-state index in [9.17, 15) is 4.79 Å². The van der Waals surface area contributed by atoms with E-state index in [0.717, 1.165) is 11.1 Å². The van der Waals surface area contributed by atoms with Crippen LogP contribution in [0, 0.1) is 6.92 Å². The summed E-state index contributed by atoms with van der Waals surface area (Å²) in [6.45, 7) is 3.82. The first-order valence-electron chi connectivity index (χ1n) is 8.18. The number of rotatable bonds is 5. The summed E-state index contributed by atoms with van der Waals surface area (Å²) in [6, 6.07) is 17.0. The summed E-state index contributed by atoms with van der Waals surface area (Å²) in [5.74, 6) is 1.30. The molecule has 0 bridgehead atoms. The summed E-state index contributed by atoms with van der Waals surface area (Å²) in [4.78, 5) is 20.4. The predicted molar refractivity (Wildman–Crippen MR) is 96.4 cm³/mol. The number of para-hydroxylation sites is 1. The third-order valence-electron chi connectivity index (χ3n) is 3.51. The zero-order valence-corrected chi connectivity index (χ0v) is 14.5. The predicted octanol–water partition coefficient (Wildman–Crippen LogP) is 4.78. The second-order valence-corrected chi connectivity index (χ2v) is 5.38. The van der Waals surface area contributed by atoms with Gasteiger partial charge in [0, 0.05) is 5.56 Å². The molecule has 0 saturated heterocycles. The molecule has 2 aromatic carbocycles. The van der Waals surface area contributed by atoms with E-state index in [1.165, 1.54) is 6.20 Å². The molecule has 3 aromatic rings. The van der Waals surface area contributed by atoms with Crippen LogP contribution in [-0.2, 0) is 4.74 Å². The van der Waals surface area contributed by atoms with Crippen molar-refractivity contribution in [3.8, 4) is 28.8 Å². The third kappa shape index (κ3) is 4.16. The van der Waals surface area contributed by atoms with Crippen molar-refractivity contribution in [3.05, 3.63) is 66.4 Å². The van der Waals surface area contributed by atoms with Gasteiger partial charge in [0.2, 0.25) is 5.75 Å². The lowest BCUT2D eigenvalue weighted by Crippen LogP contribution is -2.11. The Morgan fingerprint density at radius 1 is 1.00 bits per heavy atom. The number of aryl methyl sites for hydroxylation is 1. The van der Waals surface area contributed by atoms with Crippen molar-refractivity contribution >= 4 is 6.16 Å². The van der Waals surface area contributed by atoms with Gasteiger partial charge in [0.1, 0.15) is 5.75 Å². The molecule has 0 aliphatic rings. The molecule has 0 fully saturated rings. The van der Waals surface area contributed by atoms with Gasteiger partial charge in [-0.25, -0.2) is 9.78 Å². The fourth-order valence-electron chi connectivity index (χ4n) is 2.24. The summed E-state index contributed by atoms with van der Waals surface area (Å²) in [6.07, 6.45) is 0.568. The number of carbonyl (C=O) groups is 1. The van der Waals surface area contributed by atoms with E-state index in [0.29, 0.717) is 11.6 Å². The number of ether oxygens (including phenoxy) is 3. The lowest BCUT2D eigenvalue weighted by Gasteiger charge is -2.12. The fourth-order valence-corrected chi connectivity index (χ4v) is 2.24. The van der Waals surface area contributed by atoms with Crippen LogP contribution in [0.1, 0.15) is 12.5 Å². The highest BCUT2D eigenvalue weighted by Crippen LogP contribution is 2.32. The number of hydrogen-bond acceptors (Lipinski definition) is 6. The minimum Gasteiger partial charge on any atom is -0.436 e. The Morgan fingerprint density at radius 3 is 2.46 bits per heavy atom. The van der Waals surface area contributed by atoms with Crippen molar-refractivity contribution in [2.75, 3.05) is 6.61 Å². The normalized spacial score (nSPS) is 10.2. The quantitative estimate of drug-likeness (QED) is 0.617. The SMILES string of the molecule is CCOC(=O)Oc1cnc(-c2ccccc2)nc1Oc1ccccc1C. The van der Waals surface area contributed by atoms with Crippen LogP contribution >= 0.6 is 0 Å². The molecule has 0 unspecified atom stereocenters. The maximum Gasteiger partial charge on any atom is 0.514 e. The molecule has 1 aromatic heterocycles. The molecule has 6 nitrogen and oxygen atoms in total. The number of benzene rings is 2. The number of carbonyl (C=O) groups excluding carboxylic acids is 1. The molecule has 3 rings (SSSR count). The first kappa shape index (κ1) is 17.4. The minimum absolute atomic E-state index is 0.0892. The van der Waals surface area contributed by atoms with E-state index in [2.05, 4.69) is 9.97 Å². The zero-order valence-electron chi connectivity index (χ0n) is 14.5. The van der Waals surface area contributed by atoms with Gasteiger partial charge < -0.3 is 14.2 Å². The molecular weight excluding hydrogens is 332 g/mol. The molecule has 1 heterocycles. The van der Waals surface area contributed by atoms with Gasteiger partial charge in [0.15, 0.2) is 5.82 Å². The van der Waals surface area contributed by atoms with Crippen LogP contribution in [-0.4, -0.2) is 22.7 Å². The molecule has 0 spiro atoms. The molecule has 0 N–H and O–H groups in total. The van der Waals surface area contributed by atoms with Crippen LogP contribution in [0.3, 0.4) is 0 Å². The monoisotopic (exact) mass is 350 g/mol. The molecule has 132 valence electrons. The first-order chi connectivity index (χ1) is 12.7. The minimum atomic E-state index is -0.835. The van der Waals surface area contributed by atoms with E-state index in [-0.39, 0.29) is 18.2 Å². The van der Waals surface area contributed by atoms with Crippen molar-refractivity contribution in [2.24, 2.45) is 0 Å². The third-order valence-corrected chi connectivity index (χ3v) is 3.51. The molecule has 26 heavy (non-hydrogen) atoms. The molecule has 0 amide bonds. The molecule has 0 atom stereocenters. The van der Waals surface area contributed by atoms with Gasteiger partial charge in [-0.2, -0.15) is 4.98 Å². The van der Waals surface area contributed by atoms with Crippen LogP contribution < -0.4 is 9.47 Å². The van der Waals surface area contributed by atoms with Gasteiger partial charge in [-0.15, -0.1) is 0 Å². The highest BCUT2D eigenvalue weighted by atomic mass is 16.7. The topological polar surface area (TPSA) is 70.5 Å². The molecule has 0 radical (unpaired) electrons. The van der Waals surface area contributed by atoms with Crippen LogP contribution in [0.4, 0.5) is 4.79 Å². The highest BCUT2D eigenvalue weighted by Gasteiger charge is 2.17. The van der Waals surface area contributed by atoms with E-state index >= 15 is 0 Å². The molecule has 6 heteroatoms. The summed E-state index contributed by atoms with van der Waals surface area (Å²) < 4.78 is 15.9. The van der Waals surface area contributed by atoms with Gasteiger partial charge >= 0.3 is 6.16 Å². The van der Waals surface area contributed by atoms with Crippen molar-refractivity contribution in [3.63, 3.8) is 0 Å². The van der Waals surface area contributed by atoms with Gasteiger partial charge in [-0.3, -0.25) is 0 Å². The van der Waals surface area contributed by atoms with Crippen molar-refractivity contribution in [2.45, 2.75) is 13.8 Å². The average Bonchev–Trinajstić information content (AvgIpc) is 2.66. The maximum absolute atomic E-state index is 11.7. The average molecular weight is 350 g/mol. The van der Waals surface area contributed by atoms with Crippen molar-refractivity contribution in [1.82, 2.24) is 9.97 Å². The summed E-state index contributed by atoms with van der Waals surface area (Å²) in [5.41, 5.74) is 1.75. The smallest absolute Gasteiger partial charge is 0.436 e. The van der Waals surface area contributed by atoms with E-state index in [1.54, 1.807) is 6.92 Å². The van der Waals surface area contributed by atoms with Crippen molar-refractivity contribution < 1.29 is 19.0 Å². The summed E-state index contributed by atoms with van der Waals surface area (Å²) >= 11 is 0. The van der Waals surface area contributed by atoms with Gasteiger partial charge in [0.05, 0.1) is 12.8 Å². The van der Waals surface area contributed by atoms with Gasteiger partial charge in [-0.1, -0.05) is 48.5 Å². The Hall–Kier alpha value is -3.41. The van der Waals surface area contributed by atoms with E-state index in [4.69, 9.17) is 14.2 Å². The Labute approximate surface area is 151 Å². The van der Waals surface area contributed by atoms with Crippen LogP contribution in [0.2, 0.25) is 0 Å². The summed E-state index contributed by atoms with van der Waals surface area (Å²) in [5, 5.41) is 0. The Morgan fingerprint density at radius 2 is 1.73 bits per heavy atom. The zero-order chi connectivity index (χ0) is 18.4. The lowest BCUT2D eigenvalue weighted by molar-refractivity contribution is 0.103. The van der Waals surface area contributed by atoms with Crippen LogP contribution in [0.5, 0.6) is 17.4 Å². The highest BCUT2D eigenvalue weighted by molar-refractivity contribution is 5.65. The van der Waals surface area contributed by atoms with Gasteiger partial charge in [0.25, 0.3) is 5.88 Å². The second kappa shape index (κ2) is 8.11. The number of hydrogen-bond donors (Lipinski definition) is 0. The van der Waals surface area contributed by atoms with Crippen LogP contribution in [0.15, 0.2) is 60.8 Å². The Bertz CT molecular complexity index is 897. The largest absolute Gasteiger partial charge is 0.514 e. The fraction of sp³-hybridized carbons (Fsp3) is 0.150. The first-order valence-corrected chi connectivity index (χ1v) is 8.18. The molecule has 0 aliphatic heterocycles.